The third-order valence-electron chi connectivity index (χ3n) is 3.03. The van der Waals surface area contributed by atoms with Gasteiger partial charge < -0.3 is 11.1 Å². The molecular weight excluding hydrogens is 240 g/mol. The number of nitrogens with zero attached hydrogens (tertiary/aromatic N) is 2. The molecule has 2 aromatic rings. The van der Waals surface area contributed by atoms with Crippen molar-refractivity contribution in [3.05, 3.63) is 48.3 Å². The summed E-state index contributed by atoms with van der Waals surface area (Å²) in [6.07, 6.45) is 4.31. The highest BCUT2D eigenvalue weighted by molar-refractivity contribution is 5.79. The number of amides is 1. The molecule has 1 heterocycles. The Morgan fingerprint density at radius 3 is 2.84 bits per heavy atom. The van der Waals surface area contributed by atoms with Crippen molar-refractivity contribution < 1.29 is 4.79 Å². The maximum absolute atomic E-state index is 11.2. The first-order chi connectivity index (χ1) is 9.22. The van der Waals surface area contributed by atoms with Gasteiger partial charge in [-0.25, -0.2) is 4.68 Å². The van der Waals surface area contributed by atoms with E-state index in [0.717, 1.165) is 11.3 Å². The maximum Gasteiger partial charge on any atom is 0.234 e. The molecule has 1 amide bonds. The lowest BCUT2D eigenvalue weighted by Crippen LogP contribution is -2.40. The minimum Gasteiger partial charge on any atom is -0.368 e. The van der Waals surface area contributed by atoms with E-state index < -0.39 is 0 Å². The highest BCUT2D eigenvalue weighted by Gasteiger charge is 2.12. The first kappa shape index (κ1) is 13.3. The van der Waals surface area contributed by atoms with Crippen LogP contribution in [0.5, 0.6) is 0 Å². The zero-order valence-electron chi connectivity index (χ0n) is 10.9. The number of carbonyl (C=O) groups excluding carboxylic acids is 1. The molecule has 0 saturated heterocycles. The van der Waals surface area contributed by atoms with Crippen LogP contribution in [0.1, 0.15) is 18.9 Å². The lowest BCUT2D eigenvalue weighted by Gasteiger charge is -2.15. The topological polar surface area (TPSA) is 72.9 Å². The van der Waals surface area contributed by atoms with E-state index in [1.807, 2.05) is 48.1 Å². The fourth-order valence-electron chi connectivity index (χ4n) is 1.97. The van der Waals surface area contributed by atoms with Crippen molar-refractivity contribution in [2.75, 3.05) is 0 Å². The fourth-order valence-corrected chi connectivity index (χ4v) is 1.97. The van der Waals surface area contributed by atoms with Gasteiger partial charge in [-0.3, -0.25) is 4.79 Å². The summed E-state index contributed by atoms with van der Waals surface area (Å²) < 4.78 is 1.81. The third kappa shape index (κ3) is 3.20. The zero-order valence-corrected chi connectivity index (χ0v) is 10.9. The van der Waals surface area contributed by atoms with Crippen LogP contribution in [0.4, 0.5) is 0 Å². The number of hydrogen-bond donors (Lipinski definition) is 2. The van der Waals surface area contributed by atoms with Crippen LogP contribution in [0.3, 0.4) is 0 Å². The molecule has 5 nitrogen and oxygen atoms in total. The van der Waals surface area contributed by atoms with E-state index in [0.29, 0.717) is 13.0 Å². The average molecular weight is 258 g/mol. The molecule has 0 aliphatic rings. The Morgan fingerprint density at radius 1 is 1.42 bits per heavy atom. The second kappa shape index (κ2) is 6.15. The number of benzene rings is 1. The Balaban J connectivity index is 2.15. The van der Waals surface area contributed by atoms with Crippen LogP contribution in [-0.2, 0) is 11.3 Å². The number of rotatable bonds is 6. The van der Waals surface area contributed by atoms with Gasteiger partial charge in [-0.2, -0.15) is 5.10 Å². The molecule has 1 atom stereocenters. The molecule has 1 aromatic carbocycles. The minimum absolute atomic E-state index is 0.300. The molecule has 0 aliphatic heterocycles. The van der Waals surface area contributed by atoms with Gasteiger partial charge in [0.25, 0.3) is 0 Å². The van der Waals surface area contributed by atoms with Gasteiger partial charge in [-0.1, -0.05) is 25.1 Å². The summed E-state index contributed by atoms with van der Waals surface area (Å²) in [6.45, 7) is 2.51. The van der Waals surface area contributed by atoms with Crippen molar-refractivity contribution in [3.8, 4) is 5.69 Å². The summed E-state index contributed by atoms with van der Waals surface area (Å²) in [5.74, 6) is -0.320. The first-order valence-corrected chi connectivity index (χ1v) is 6.33. The van der Waals surface area contributed by atoms with E-state index in [9.17, 15) is 4.79 Å². The van der Waals surface area contributed by atoms with E-state index in [-0.39, 0.29) is 11.9 Å². The maximum atomic E-state index is 11.2. The second-order valence-electron chi connectivity index (χ2n) is 4.32. The molecular formula is C14H18N4O. The summed E-state index contributed by atoms with van der Waals surface area (Å²) >= 11 is 0. The van der Waals surface area contributed by atoms with Crippen molar-refractivity contribution >= 4 is 5.91 Å². The molecule has 1 aromatic heterocycles. The van der Waals surface area contributed by atoms with E-state index in [4.69, 9.17) is 5.73 Å². The molecule has 0 aliphatic carbocycles. The van der Waals surface area contributed by atoms with Crippen LogP contribution in [0.2, 0.25) is 0 Å². The molecule has 0 bridgehead atoms. The van der Waals surface area contributed by atoms with E-state index in [1.54, 1.807) is 6.20 Å². The van der Waals surface area contributed by atoms with E-state index in [2.05, 4.69) is 10.4 Å². The van der Waals surface area contributed by atoms with Crippen molar-refractivity contribution in [1.82, 2.24) is 15.1 Å². The number of hydrogen-bond acceptors (Lipinski definition) is 3. The van der Waals surface area contributed by atoms with Crippen molar-refractivity contribution in [1.29, 1.82) is 0 Å². The van der Waals surface area contributed by atoms with Crippen molar-refractivity contribution in [3.63, 3.8) is 0 Å². The summed E-state index contributed by atoms with van der Waals surface area (Å²) in [4.78, 5) is 11.2. The van der Waals surface area contributed by atoms with Gasteiger partial charge in [0, 0.05) is 18.9 Å². The molecule has 0 fully saturated rings. The Hall–Kier alpha value is -2.14. The van der Waals surface area contributed by atoms with Gasteiger partial charge in [0.15, 0.2) is 0 Å². The molecule has 0 spiro atoms. The number of aromatic nitrogens is 2. The highest BCUT2D eigenvalue weighted by Crippen LogP contribution is 2.13. The molecule has 5 heteroatoms. The lowest BCUT2D eigenvalue weighted by molar-refractivity contribution is -0.120. The van der Waals surface area contributed by atoms with Crippen LogP contribution < -0.4 is 11.1 Å². The molecule has 100 valence electrons. The second-order valence-corrected chi connectivity index (χ2v) is 4.32. The molecule has 0 saturated carbocycles. The lowest BCUT2D eigenvalue weighted by atomic mass is 10.1. The minimum atomic E-state index is -0.320. The normalized spacial score (nSPS) is 12.3. The Bertz CT molecular complexity index is 536. The van der Waals surface area contributed by atoms with Crippen molar-refractivity contribution in [2.45, 2.75) is 25.9 Å². The number of nitrogens with one attached hydrogen (secondary N) is 1. The van der Waals surface area contributed by atoms with Crippen LogP contribution in [0.15, 0.2) is 42.7 Å². The smallest absolute Gasteiger partial charge is 0.234 e. The summed E-state index contributed by atoms with van der Waals surface area (Å²) in [6, 6.07) is 9.52. The SMILES string of the molecule is CCC(NCc1ccccc1-n1cccn1)C(N)=O. The van der Waals surface area contributed by atoms with Crippen LogP contribution in [0.25, 0.3) is 5.69 Å². The van der Waals surface area contributed by atoms with E-state index in [1.165, 1.54) is 0 Å². The summed E-state index contributed by atoms with van der Waals surface area (Å²) in [5.41, 5.74) is 7.40. The predicted octanol–water partition coefficient (Wildman–Crippen LogP) is 1.23. The summed E-state index contributed by atoms with van der Waals surface area (Å²) in [7, 11) is 0. The van der Waals surface area contributed by atoms with Gasteiger partial charge in [0.05, 0.1) is 11.7 Å². The largest absolute Gasteiger partial charge is 0.368 e. The fraction of sp³-hybridized carbons (Fsp3) is 0.286. The number of carbonyl (C=O) groups is 1. The zero-order chi connectivity index (χ0) is 13.7. The predicted molar refractivity (Wildman–Crippen MR) is 73.7 cm³/mol. The van der Waals surface area contributed by atoms with E-state index >= 15 is 0 Å². The van der Waals surface area contributed by atoms with Gasteiger partial charge in [-0.05, 0) is 24.1 Å². The molecule has 0 radical (unpaired) electrons. The van der Waals surface area contributed by atoms with Gasteiger partial charge in [0.1, 0.15) is 0 Å². The molecule has 2 rings (SSSR count). The Kier molecular flexibility index (Phi) is 4.30. The average Bonchev–Trinajstić information content (AvgIpc) is 2.93. The van der Waals surface area contributed by atoms with Gasteiger partial charge >= 0.3 is 0 Å². The number of para-hydroxylation sites is 1. The van der Waals surface area contributed by atoms with Gasteiger partial charge in [-0.15, -0.1) is 0 Å². The Labute approximate surface area is 112 Å². The number of nitrogens with two attached hydrogens (primary N) is 1. The van der Waals surface area contributed by atoms with Crippen LogP contribution >= 0.6 is 0 Å². The van der Waals surface area contributed by atoms with Gasteiger partial charge in [0.2, 0.25) is 5.91 Å². The first-order valence-electron chi connectivity index (χ1n) is 6.33. The summed E-state index contributed by atoms with van der Waals surface area (Å²) in [5, 5.41) is 7.40. The standard InChI is InChI=1S/C14H18N4O/c1-2-12(14(15)19)16-10-11-6-3-4-7-13(11)18-9-5-8-17-18/h3-9,12,16H,2,10H2,1H3,(H2,15,19). The monoisotopic (exact) mass is 258 g/mol. The quantitative estimate of drug-likeness (QED) is 0.818. The third-order valence-corrected chi connectivity index (χ3v) is 3.03. The van der Waals surface area contributed by atoms with Crippen LogP contribution in [-0.4, -0.2) is 21.7 Å². The number of primary amides is 1. The van der Waals surface area contributed by atoms with Crippen molar-refractivity contribution in [2.24, 2.45) is 5.73 Å². The van der Waals surface area contributed by atoms with Crippen LogP contribution in [0, 0.1) is 0 Å². The highest BCUT2D eigenvalue weighted by atomic mass is 16.1. The molecule has 1 unspecified atom stereocenters. The molecule has 3 N–H and O–H groups in total. The molecule has 19 heavy (non-hydrogen) atoms. The Morgan fingerprint density at radius 2 is 2.21 bits per heavy atom.